The van der Waals surface area contributed by atoms with Crippen LogP contribution >= 0.6 is 0 Å². The number of para-hydroxylation sites is 2. The Labute approximate surface area is 111 Å². The topological polar surface area (TPSA) is 39.9 Å². The van der Waals surface area contributed by atoms with Gasteiger partial charge in [0.1, 0.15) is 5.75 Å². The number of fused-ring (bicyclic) bond motifs is 1. The smallest absolute Gasteiger partial charge is 0.122 e. The van der Waals surface area contributed by atoms with Gasteiger partial charge in [-0.3, -0.25) is 4.98 Å². The minimum absolute atomic E-state index is 0.693. The molecule has 0 unspecified atom stereocenters. The molecule has 2 aromatic heterocycles. The van der Waals surface area contributed by atoms with Crippen molar-refractivity contribution in [3.05, 3.63) is 54.1 Å². The van der Waals surface area contributed by atoms with Crippen molar-refractivity contribution in [3.8, 4) is 5.75 Å². The molecule has 4 heteroatoms. The minimum Gasteiger partial charge on any atom is -0.497 e. The number of ether oxygens (including phenoxy) is 1. The van der Waals surface area contributed by atoms with Crippen LogP contribution in [0.2, 0.25) is 0 Å². The van der Waals surface area contributed by atoms with Crippen molar-refractivity contribution >= 4 is 11.0 Å². The summed E-state index contributed by atoms with van der Waals surface area (Å²) in [4.78, 5) is 8.92. The van der Waals surface area contributed by atoms with E-state index in [1.54, 1.807) is 7.11 Å². The van der Waals surface area contributed by atoms with Gasteiger partial charge in [-0.05, 0) is 19.1 Å². The lowest BCUT2D eigenvalue weighted by Gasteiger charge is -2.07. The summed E-state index contributed by atoms with van der Waals surface area (Å²) in [5.41, 5.74) is 4.05. The van der Waals surface area contributed by atoms with E-state index in [9.17, 15) is 0 Å². The van der Waals surface area contributed by atoms with Gasteiger partial charge in [0, 0.05) is 17.8 Å². The molecule has 0 atom stereocenters. The molecule has 0 fully saturated rings. The van der Waals surface area contributed by atoms with Crippen molar-refractivity contribution in [2.75, 3.05) is 7.11 Å². The number of nitrogens with zero attached hydrogens (tertiary/aromatic N) is 3. The maximum atomic E-state index is 5.28. The normalized spacial score (nSPS) is 10.8. The van der Waals surface area contributed by atoms with Gasteiger partial charge < -0.3 is 9.30 Å². The molecule has 0 spiro atoms. The second kappa shape index (κ2) is 4.72. The molecule has 0 aliphatic rings. The molecule has 0 aliphatic carbocycles. The molecule has 19 heavy (non-hydrogen) atoms. The number of rotatable bonds is 3. The van der Waals surface area contributed by atoms with Gasteiger partial charge in [0.25, 0.3) is 0 Å². The van der Waals surface area contributed by atoms with Crippen molar-refractivity contribution in [1.82, 2.24) is 14.5 Å². The number of aryl methyl sites for hydroxylation is 1. The maximum absolute atomic E-state index is 5.28. The Morgan fingerprint density at radius 2 is 2.05 bits per heavy atom. The van der Waals surface area contributed by atoms with Crippen molar-refractivity contribution in [2.45, 2.75) is 13.5 Å². The molecule has 0 bridgehead atoms. The van der Waals surface area contributed by atoms with Crippen molar-refractivity contribution in [3.63, 3.8) is 0 Å². The van der Waals surface area contributed by atoms with Gasteiger partial charge in [0.05, 0.1) is 36.7 Å². The van der Waals surface area contributed by atoms with Gasteiger partial charge in [0.2, 0.25) is 0 Å². The zero-order valence-corrected chi connectivity index (χ0v) is 11.0. The van der Waals surface area contributed by atoms with Crippen LogP contribution in [0.3, 0.4) is 0 Å². The zero-order valence-electron chi connectivity index (χ0n) is 11.0. The highest BCUT2D eigenvalue weighted by atomic mass is 16.5. The molecule has 1 aromatic carbocycles. The molecule has 0 N–H and O–H groups in total. The third-order valence-corrected chi connectivity index (χ3v) is 3.08. The zero-order chi connectivity index (χ0) is 13.2. The van der Waals surface area contributed by atoms with Gasteiger partial charge in [0.15, 0.2) is 0 Å². The van der Waals surface area contributed by atoms with Crippen LogP contribution in [0, 0.1) is 6.92 Å². The Kier molecular flexibility index (Phi) is 2.91. The van der Waals surface area contributed by atoms with Crippen LogP contribution in [0.4, 0.5) is 0 Å². The minimum atomic E-state index is 0.693. The van der Waals surface area contributed by atoms with Crippen molar-refractivity contribution in [2.24, 2.45) is 0 Å². The van der Waals surface area contributed by atoms with E-state index in [-0.39, 0.29) is 0 Å². The molecule has 4 nitrogen and oxygen atoms in total. The van der Waals surface area contributed by atoms with Gasteiger partial charge in [-0.1, -0.05) is 12.1 Å². The van der Waals surface area contributed by atoms with Gasteiger partial charge in [-0.15, -0.1) is 0 Å². The standard InChI is InChI=1S/C15H15N3O/c1-11-7-13(19-2)8-12(17-11)9-18-10-16-14-5-3-4-6-15(14)18/h3-8,10H,9H2,1-2H3. The van der Waals surface area contributed by atoms with Crippen LogP contribution in [0.15, 0.2) is 42.7 Å². The van der Waals surface area contributed by atoms with Crippen molar-refractivity contribution in [1.29, 1.82) is 0 Å². The molecule has 0 radical (unpaired) electrons. The summed E-state index contributed by atoms with van der Waals surface area (Å²) < 4.78 is 7.37. The number of hydrogen-bond acceptors (Lipinski definition) is 3. The monoisotopic (exact) mass is 253 g/mol. The summed E-state index contributed by atoms with van der Waals surface area (Å²) in [7, 11) is 1.67. The number of benzene rings is 1. The van der Waals surface area contributed by atoms with Crippen molar-refractivity contribution < 1.29 is 4.74 Å². The van der Waals surface area contributed by atoms with E-state index in [0.29, 0.717) is 6.54 Å². The van der Waals surface area contributed by atoms with Crippen LogP contribution in [0.1, 0.15) is 11.4 Å². The van der Waals surface area contributed by atoms with E-state index in [2.05, 4.69) is 20.6 Å². The highest BCUT2D eigenvalue weighted by Gasteiger charge is 2.05. The molecule has 3 aromatic rings. The van der Waals surface area contributed by atoms with E-state index in [1.165, 1.54) is 0 Å². The Bertz CT molecular complexity index is 718. The first-order valence-corrected chi connectivity index (χ1v) is 6.18. The van der Waals surface area contributed by atoms with E-state index in [1.807, 2.05) is 43.6 Å². The Hall–Kier alpha value is -2.36. The van der Waals surface area contributed by atoms with E-state index in [0.717, 1.165) is 28.2 Å². The number of aromatic nitrogens is 3. The SMILES string of the molecule is COc1cc(C)nc(Cn2cnc3ccccc32)c1. The average Bonchev–Trinajstić information content (AvgIpc) is 2.82. The third-order valence-electron chi connectivity index (χ3n) is 3.08. The lowest BCUT2D eigenvalue weighted by atomic mass is 10.2. The second-order valence-electron chi connectivity index (χ2n) is 4.50. The molecule has 3 rings (SSSR count). The summed E-state index contributed by atoms with van der Waals surface area (Å²) >= 11 is 0. The molecular formula is C15H15N3O. The molecular weight excluding hydrogens is 238 g/mol. The summed E-state index contributed by atoms with van der Waals surface area (Å²) in [5, 5.41) is 0. The quantitative estimate of drug-likeness (QED) is 0.720. The van der Waals surface area contributed by atoms with E-state index in [4.69, 9.17) is 4.74 Å². The Morgan fingerprint density at radius 1 is 1.21 bits per heavy atom. The maximum Gasteiger partial charge on any atom is 0.122 e. The highest BCUT2D eigenvalue weighted by Crippen LogP contribution is 2.17. The summed E-state index contributed by atoms with van der Waals surface area (Å²) in [5.74, 6) is 0.840. The third kappa shape index (κ3) is 2.29. The summed E-state index contributed by atoms with van der Waals surface area (Å²) in [6, 6.07) is 12.0. The number of imidazole rings is 1. The summed E-state index contributed by atoms with van der Waals surface area (Å²) in [6.45, 7) is 2.66. The second-order valence-corrected chi connectivity index (χ2v) is 4.50. The summed E-state index contributed by atoms with van der Waals surface area (Å²) in [6.07, 6.45) is 1.85. The first-order chi connectivity index (χ1) is 9.26. The van der Waals surface area contributed by atoms with Gasteiger partial charge in [-0.2, -0.15) is 0 Å². The van der Waals surface area contributed by atoms with E-state index < -0.39 is 0 Å². The lowest BCUT2D eigenvalue weighted by Crippen LogP contribution is -2.02. The fourth-order valence-corrected chi connectivity index (χ4v) is 2.21. The predicted molar refractivity (Wildman–Crippen MR) is 74.4 cm³/mol. The molecule has 2 heterocycles. The van der Waals surface area contributed by atoms with Crippen LogP contribution < -0.4 is 4.74 Å². The average molecular weight is 253 g/mol. The largest absolute Gasteiger partial charge is 0.497 e. The molecule has 96 valence electrons. The molecule has 0 saturated heterocycles. The lowest BCUT2D eigenvalue weighted by molar-refractivity contribution is 0.413. The van der Waals surface area contributed by atoms with Gasteiger partial charge in [-0.25, -0.2) is 4.98 Å². The van der Waals surface area contributed by atoms with Gasteiger partial charge >= 0.3 is 0 Å². The van der Waals surface area contributed by atoms with Crippen LogP contribution in [-0.2, 0) is 6.54 Å². The number of hydrogen-bond donors (Lipinski definition) is 0. The van der Waals surface area contributed by atoms with Crippen LogP contribution in [0.25, 0.3) is 11.0 Å². The fourth-order valence-electron chi connectivity index (χ4n) is 2.21. The highest BCUT2D eigenvalue weighted by molar-refractivity contribution is 5.75. The van der Waals surface area contributed by atoms with Crippen LogP contribution in [0.5, 0.6) is 5.75 Å². The first-order valence-electron chi connectivity index (χ1n) is 6.18. The molecule has 0 saturated carbocycles. The van der Waals surface area contributed by atoms with Crippen LogP contribution in [-0.4, -0.2) is 21.6 Å². The number of pyridine rings is 1. The number of methoxy groups -OCH3 is 1. The Morgan fingerprint density at radius 3 is 2.89 bits per heavy atom. The van der Waals surface area contributed by atoms with E-state index >= 15 is 0 Å². The molecule has 0 amide bonds. The Balaban J connectivity index is 1.99. The molecule has 0 aliphatic heterocycles. The first kappa shape index (κ1) is 11.7. The fraction of sp³-hybridized carbons (Fsp3) is 0.200. The predicted octanol–water partition coefficient (Wildman–Crippen LogP) is 2.80.